The van der Waals surface area contributed by atoms with E-state index in [1.807, 2.05) is 13.1 Å². The van der Waals surface area contributed by atoms with Gasteiger partial charge < -0.3 is 16.0 Å². The first-order valence-corrected chi connectivity index (χ1v) is 5.77. The molecule has 4 N–H and O–H groups in total. The van der Waals surface area contributed by atoms with Crippen LogP contribution in [0.5, 0.6) is 0 Å². The summed E-state index contributed by atoms with van der Waals surface area (Å²) in [5.41, 5.74) is 8.74. The monoisotopic (exact) mass is 215 g/mol. The van der Waals surface area contributed by atoms with Crippen LogP contribution in [0, 0.1) is 0 Å². The maximum absolute atomic E-state index is 6.31. The number of H-pyrrole nitrogens is 1. The molecule has 84 valence electrons. The van der Waals surface area contributed by atoms with Gasteiger partial charge in [-0.05, 0) is 31.5 Å². The molecule has 0 saturated heterocycles. The number of nitrogens with one attached hydrogen (secondary N) is 2. The van der Waals surface area contributed by atoms with Gasteiger partial charge in [-0.25, -0.2) is 0 Å². The van der Waals surface area contributed by atoms with E-state index in [4.69, 9.17) is 5.73 Å². The fraction of sp³-hybridized carbons (Fsp3) is 0.385. The van der Waals surface area contributed by atoms with Crippen molar-refractivity contribution < 1.29 is 0 Å². The first-order valence-electron chi connectivity index (χ1n) is 5.77. The summed E-state index contributed by atoms with van der Waals surface area (Å²) in [6.07, 6.45) is 4.30. The van der Waals surface area contributed by atoms with Gasteiger partial charge in [0.1, 0.15) is 0 Å². The van der Waals surface area contributed by atoms with Crippen molar-refractivity contribution in [3.8, 4) is 0 Å². The smallest absolute Gasteiger partial charge is 0.0521 e. The second kappa shape index (κ2) is 3.34. The molecule has 3 rings (SSSR count). The van der Waals surface area contributed by atoms with Gasteiger partial charge >= 0.3 is 0 Å². The number of hydrogen-bond acceptors (Lipinski definition) is 2. The lowest BCUT2D eigenvalue weighted by molar-refractivity contribution is 0.464. The van der Waals surface area contributed by atoms with Gasteiger partial charge in [0.25, 0.3) is 0 Å². The number of para-hydroxylation sites is 1. The third-order valence-corrected chi connectivity index (χ3v) is 3.62. The van der Waals surface area contributed by atoms with E-state index in [1.54, 1.807) is 0 Å². The van der Waals surface area contributed by atoms with E-state index in [0.717, 1.165) is 12.8 Å². The minimum Gasteiger partial charge on any atom is -0.361 e. The summed E-state index contributed by atoms with van der Waals surface area (Å²) in [5, 5.41) is 4.63. The number of nitrogens with two attached hydrogens (primary N) is 1. The number of benzene rings is 1. The predicted molar refractivity (Wildman–Crippen MR) is 66.3 cm³/mol. The number of likely N-dealkylation sites (N-methyl/N-ethyl adjacent to an activating group) is 1. The Morgan fingerprint density at radius 1 is 1.38 bits per heavy atom. The molecule has 1 unspecified atom stereocenters. The summed E-state index contributed by atoms with van der Waals surface area (Å²) in [4.78, 5) is 3.31. The Morgan fingerprint density at radius 2 is 2.12 bits per heavy atom. The molecule has 0 aliphatic heterocycles. The standard InChI is InChI=1S/C13H17N3/c1-15-12(13(14)6-7-13)10-8-16-11-5-3-2-4-9(10)11/h2-5,8,12,15-16H,6-7,14H2,1H3. The van der Waals surface area contributed by atoms with Gasteiger partial charge in [-0.1, -0.05) is 18.2 Å². The van der Waals surface area contributed by atoms with Crippen LogP contribution in [0.2, 0.25) is 0 Å². The topological polar surface area (TPSA) is 53.8 Å². The van der Waals surface area contributed by atoms with Gasteiger partial charge in [-0.2, -0.15) is 0 Å². The highest BCUT2D eigenvalue weighted by molar-refractivity contribution is 5.83. The van der Waals surface area contributed by atoms with E-state index in [0.29, 0.717) is 0 Å². The highest BCUT2D eigenvalue weighted by Crippen LogP contribution is 2.44. The van der Waals surface area contributed by atoms with Gasteiger partial charge in [0.05, 0.1) is 6.04 Å². The third-order valence-electron chi connectivity index (χ3n) is 3.62. The van der Waals surface area contributed by atoms with E-state index in [2.05, 4.69) is 34.7 Å². The zero-order valence-electron chi connectivity index (χ0n) is 9.46. The van der Waals surface area contributed by atoms with Crippen LogP contribution in [0.1, 0.15) is 24.4 Å². The molecular formula is C13H17N3. The summed E-state index contributed by atoms with van der Waals surface area (Å²) in [7, 11) is 1.99. The molecular weight excluding hydrogens is 198 g/mol. The quantitative estimate of drug-likeness (QED) is 0.732. The minimum atomic E-state index is -0.0419. The molecule has 3 heteroatoms. The second-order valence-electron chi connectivity index (χ2n) is 4.74. The normalized spacial score (nSPS) is 19.9. The van der Waals surface area contributed by atoms with E-state index < -0.39 is 0 Å². The van der Waals surface area contributed by atoms with Crippen LogP contribution in [0.4, 0.5) is 0 Å². The minimum absolute atomic E-state index is 0.0419. The second-order valence-corrected chi connectivity index (χ2v) is 4.74. The lowest BCUT2D eigenvalue weighted by Gasteiger charge is -2.22. The first kappa shape index (κ1) is 9.87. The van der Waals surface area contributed by atoms with Gasteiger partial charge in [0.2, 0.25) is 0 Å². The molecule has 0 amide bonds. The third kappa shape index (κ3) is 1.36. The Morgan fingerprint density at radius 3 is 2.81 bits per heavy atom. The Labute approximate surface area is 95.0 Å². The van der Waals surface area contributed by atoms with Crippen LogP contribution in [0.3, 0.4) is 0 Å². The zero-order chi connectivity index (χ0) is 11.2. The lowest BCUT2D eigenvalue weighted by Crippen LogP contribution is -2.38. The summed E-state index contributed by atoms with van der Waals surface area (Å²) in [6, 6.07) is 8.62. The number of hydrogen-bond donors (Lipinski definition) is 3. The maximum Gasteiger partial charge on any atom is 0.0521 e. The number of rotatable bonds is 3. The van der Waals surface area contributed by atoms with Crippen molar-refractivity contribution in [1.29, 1.82) is 0 Å². The number of aromatic nitrogens is 1. The highest BCUT2D eigenvalue weighted by atomic mass is 15.0. The van der Waals surface area contributed by atoms with Crippen molar-refractivity contribution >= 4 is 10.9 Å². The van der Waals surface area contributed by atoms with E-state index in [-0.39, 0.29) is 11.6 Å². The predicted octanol–water partition coefficient (Wildman–Crippen LogP) is 1.92. The van der Waals surface area contributed by atoms with Crippen molar-refractivity contribution in [3.05, 3.63) is 36.0 Å². The SMILES string of the molecule is CNC(c1c[nH]c2ccccc12)C1(N)CC1. The van der Waals surface area contributed by atoms with Crippen LogP contribution >= 0.6 is 0 Å². The summed E-state index contributed by atoms with van der Waals surface area (Å²) in [6.45, 7) is 0. The molecule has 0 bridgehead atoms. The Hall–Kier alpha value is -1.32. The van der Waals surface area contributed by atoms with E-state index in [9.17, 15) is 0 Å². The Bertz CT molecular complexity index is 511. The molecule has 1 aromatic heterocycles. The van der Waals surface area contributed by atoms with Gasteiger partial charge in [0.15, 0.2) is 0 Å². The van der Waals surface area contributed by atoms with Crippen molar-refractivity contribution in [1.82, 2.24) is 10.3 Å². The van der Waals surface area contributed by atoms with Crippen LogP contribution in [0.15, 0.2) is 30.5 Å². The molecule has 0 spiro atoms. The molecule has 1 atom stereocenters. The van der Waals surface area contributed by atoms with Crippen molar-refractivity contribution in [3.63, 3.8) is 0 Å². The Kier molecular flexibility index (Phi) is 2.06. The molecule has 1 fully saturated rings. The van der Waals surface area contributed by atoms with Gasteiger partial charge in [-0.3, -0.25) is 0 Å². The molecule has 3 nitrogen and oxygen atoms in total. The maximum atomic E-state index is 6.31. The van der Waals surface area contributed by atoms with Crippen LogP contribution < -0.4 is 11.1 Å². The first-order chi connectivity index (χ1) is 7.74. The Balaban J connectivity index is 2.10. The average molecular weight is 215 g/mol. The lowest BCUT2D eigenvalue weighted by atomic mass is 9.97. The largest absolute Gasteiger partial charge is 0.361 e. The highest BCUT2D eigenvalue weighted by Gasteiger charge is 2.46. The molecule has 16 heavy (non-hydrogen) atoms. The van der Waals surface area contributed by atoms with Gasteiger partial charge in [-0.15, -0.1) is 0 Å². The van der Waals surface area contributed by atoms with E-state index >= 15 is 0 Å². The molecule has 1 saturated carbocycles. The van der Waals surface area contributed by atoms with Crippen molar-refractivity contribution in [2.75, 3.05) is 7.05 Å². The van der Waals surface area contributed by atoms with E-state index in [1.165, 1.54) is 16.5 Å². The fourth-order valence-electron chi connectivity index (χ4n) is 2.52. The summed E-state index contributed by atoms with van der Waals surface area (Å²) >= 11 is 0. The van der Waals surface area contributed by atoms with Crippen LogP contribution in [0.25, 0.3) is 10.9 Å². The molecule has 1 aliphatic rings. The summed E-state index contributed by atoms with van der Waals surface area (Å²) in [5.74, 6) is 0. The van der Waals surface area contributed by atoms with Crippen LogP contribution in [-0.4, -0.2) is 17.6 Å². The zero-order valence-corrected chi connectivity index (χ0v) is 9.46. The van der Waals surface area contributed by atoms with Crippen LogP contribution in [-0.2, 0) is 0 Å². The van der Waals surface area contributed by atoms with Gasteiger partial charge in [0, 0.05) is 22.6 Å². The number of fused-ring (bicyclic) bond motifs is 1. The number of aromatic amines is 1. The average Bonchev–Trinajstić information content (AvgIpc) is 2.91. The summed E-state index contributed by atoms with van der Waals surface area (Å²) < 4.78 is 0. The fourth-order valence-corrected chi connectivity index (χ4v) is 2.52. The molecule has 1 heterocycles. The molecule has 1 aromatic carbocycles. The molecule has 1 aliphatic carbocycles. The molecule has 2 aromatic rings. The molecule has 0 radical (unpaired) electrons. The van der Waals surface area contributed by atoms with Crippen molar-refractivity contribution in [2.24, 2.45) is 5.73 Å². The van der Waals surface area contributed by atoms with Crippen molar-refractivity contribution in [2.45, 2.75) is 24.4 Å².